The Morgan fingerprint density at radius 2 is 1.91 bits per heavy atom. The summed E-state index contributed by atoms with van der Waals surface area (Å²) in [6.45, 7) is 3.96. The van der Waals surface area contributed by atoms with Gasteiger partial charge >= 0.3 is 0 Å². The van der Waals surface area contributed by atoms with Crippen molar-refractivity contribution in [3.63, 3.8) is 0 Å². The van der Waals surface area contributed by atoms with Gasteiger partial charge in [0.25, 0.3) is 0 Å². The SMILES string of the molecule is CC(=O)N1CCN(C(=O)Cc2csc(-c3ccccn3)n2)CC1. The Bertz CT molecular complexity index is 693. The molecule has 0 N–H and O–H groups in total. The summed E-state index contributed by atoms with van der Waals surface area (Å²) in [6.07, 6.45) is 2.03. The van der Waals surface area contributed by atoms with E-state index in [0.29, 0.717) is 32.6 Å². The normalized spacial score (nSPS) is 14.8. The van der Waals surface area contributed by atoms with Gasteiger partial charge in [0.05, 0.1) is 17.8 Å². The zero-order valence-electron chi connectivity index (χ0n) is 12.9. The van der Waals surface area contributed by atoms with Gasteiger partial charge < -0.3 is 9.80 Å². The molecule has 0 atom stereocenters. The molecule has 3 rings (SSSR count). The van der Waals surface area contributed by atoms with E-state index in [0.717, 1.165) is 16.4 Å². The Morgan fingerprint density at radius 3 is 2.57 bits per heavy atom. The highest BCUT2D eigenvalue weighted by atomic mass is 32.1. The molecule has 0 saturated carbocycles. The number of carbonyl (C=O) groups is 2. The molecule has 7 heteroatoms. The van der Waals surface area contributed by atoms with Crippen molar-refractivity contribution in [2.75, 3.05) is 26.2 Å². The number of rotatable bonds is 3. The number of piperazine rings is 1. The molecular formula is C16H18N4O2S. The van der Waals surface area contributed by atoms with Gasteiger partial charge in [0.15, 0.2) is 0 Å². The lowest BCUT2D eigenvalue weighted by molar-refractivity contribution is -0.138. The summed E-state index contributed by atoms with van der Waals surface area (Å²) in [6, 6.07) is 5.69. The van der Waals surface area contributed by atoms with Gasteiger partial charge in [-0.05, 0) is 12.1 Å². The highest BCUT2D eigenvalue weighted by Crippen LogP contribution is 2.21. The van der Waals surface area contributed by atoms with Gasteiger partial charge in [-0.2, -0.15) is 0 Å². The second kappa shape index (κ2) is 6.87. The number of nitrogens with zero attached hydrogens (tertiary/aromatic N) is 4. The molecule has 0 spiro atoms. The van der Waals surface area contributed by atoms with Crippen LogP contribution in [0.1, 0.15) is 12.6 Å². The quantitative estimate of drug-likeness (QED) is 0.854. The zero-order valence-corrected chi connectivity index (χ0v) is 13.8. The Balaban J connectivity index is 1.59. The Morgan fingerprint density at radius 1 is 1.17 bits per heavy atom. The van der Waals surface area contributed by atoms with E-state index in [1.807, 2.05) is 23.6 Å². The predicted octanol–water partition coefficient (Wildman–Crippen LogP) is 1.44. The summed E-state index contributed by atoms with van der Waals surface area (Å²) in [5.74, 6) is 0.127. The van der Waals surface area contributed by atoms with Gasteiger partial charge in [-0.3, -0.25) is 14.6 Å². The van der Waals surface area contributed by atoms with Gasteiger partial charge in [0.2, 0.25) is 11.8 Å². The first-order valence-corrected chi connectivity index (χ1v) is 8.40. The molecule has 6 nitrogen and oxygen atoms in total. The Kier molecular flexibility index (Phi) is 4.66. The second-order valence-electron chi connectivity index (χ2n) is 5.42. The molecular weight excluding hydrogens is 312 g/mol. The van der Waals surface area contributed by atoms with Crippen LogP contribution in [0.4, 0.5) is 0 Å². The maximum atomic E-state index is 12.4. The van der Waals surface area contributed by atoms with Crippen molar-refractivity contribution in [1.82, 2.24) is 19.8 Å². The second-order valence-corrected chi connectivity index (χ2v) is 6.28. The van der Waals surface area contributed by atoms with E-state index in [4.69, 9.17) is 0 Å². The lowest BCUT2D eigenvalue weighted by Crippen LogP contribution is -2.50. The third kappa shape index (κ3) is 3.73. The van der Waals surface area contributed by atoms with Crippen LogP contribution < -0.4 is 0 Å². The van der Waals surface area contributed by atoms with Gasteiger partial charge in [0.1, 0.15) is 5.01 Å². The highest BCUT2D eigenvalue weighted by molar-refractivity contribution is 7.13. The van der Waals surface area contributed by atoms with Gasteiger partial charge in [-0.15, -0.1) is 11.3 Å². The van der Waals surface area contributed by atoms with E-state index < -0.39 is 0 Å². The largest absolute Gasteiger partial charge is 0.339 e. The van der Waals surface area contributed by atoms with Crippen molar-refractivity contribution in [2.45, 2.75) is 13.3 Å². The average Bonchev–Trinajstić information content (AvgIpc) is 3.04. The van der Waals surface area contributed by atoms with Crippen molar-refractivity contribution in [3.8, 4) is 10.7 Å². The summed E-state index contributed by atoms with van der Waals surface area (Å²) < 4.78 is 0. The van der Waals surface area contributed by atoms with Gasteiger partial charge in [-0.1, -0.05) is 6.07 Å². The number of carbonyl (C=O) groups excluding carboxylic acids is 2. The Labute approximate surface area is 138 Å². The molecule has 2 amide bonds. The fraction of sp³-hybridized carbons (Fsp3) is 0.375. The summed E-state index contributed by atoms with van der Waals surface area (Å²) in [4.78, 5) is 36.0. The van der Waals surface area contributed by atoms with E-state index in [1.165, 1.54) is 11.3 Å². The summed E-state index contributed by atoms with van der Waals surface area (Å²) >= 11 is 1.50. The van der Waals surface area contributed by atoms with Crippen molar-refractivity contribution < 1.29 is 9.59 Å². The monoisotopic (exact) mass is 330 g/mol. The van der Waals surface area contributed by atoms with Crippen LogP contribution in [0.5, 0.6) is 0 Å². The third-order valence-electron chi connectivity index (χ3n) is 3.85. The van der Waals surface area contributed by atoms with Crippen molar-refractivity contribution in [1.29, 1.82) is 0 Å². The van der Waals surface area contributed by atoms with Gasteiger partial charge in [0, 0.05) is 44.7 Å². The van der Waals surface area contributed by atoms with Crippen LogP contribution in [-0.2, 0) is 16.0 Å². The summed E-state index contributed by atoms with van der Waals surface area (Å²) in [5.41, 5.74) is 1.60. The molecule has 0 aliphatic carbocycles. The molecule has 0 radical (unpaired) electrons. The molecule has 1 fully saturated rings. The van der Waals surface area contributed by atoms with Crippen molar-refractivity contribution in [2.24, 2.45) is 0 Å². The molecule has 0 unspecified atom stereocenters. The maximum Gasteiger partial charge on any atom is 0.228 e. The van der Waals surface area contributed by atoms with Crippen molar-refractivity contribution >= 4 is 23.2 Å². The van der Waals surface area contributed by atoms with E-state index in [-0.39, 0.29) is 11.8 Å². The van der Waals surface area contributed by atoms with Crippen LogP contribution in [-0.4, -0.2) is 57.8 Å². The zero-order chi connectivity index (χ0) is 16.2. The Hall–Kier alpha value is -2.28. The highest BCUT2D eigenvalue weighted by Gasteiger charge is 2.23. The van der Waals surface area contributed by atoms with E-state index >= 15 is 0 Å². The average molecular weight is 330 g/mol. The molecule has 1 aliphatic rings. The van der Waals surface area contributed by atoms with Crippen LogP contribution in [0.25, 0.3) is 10.7 Å². The van der Waals surface area contributed by atoms with E-state index in [2.05, 4.69) is 9.97 Å². The third-order valence-corrected chi connectivity index (χ3v) is 4.76. The molecule has 23 heavy (non-hydrogen) atoms. The number of pyridine rings is 1. The standard InChI is InChI=1S/C16H18N4O2S/c1-12(21)19-6-8-20(9-7-19)15(22)10-13-11-23-16(18-13)14-4-2-3-5-17-14/h2-5,11H,6-10H2,1H3. The lowest BCUT2D eigenvalue weighted by atomic mass is 10.2. The number of thiazole rings is 1. The number of hydrogen-bond donors (Lipinski definition) is 0. The first-order chi connectivity index (χ1) is 11.1. The smallest absolute Gasteiger partial charge is 0.228 e. The fourth-order valence-electron chi connectivity index (χ4n) is 2.53. The molecule has 1 saturated heterocycles. The number of amides is 2. The summed E-state index contributed by atoms with van der Waals surface area (Å²) in [7, 11) is 0. The van der Waals surface area contributed by atoms with Crippen LogP contribution in [0.15, 0.2) is 29.8 Å². The molecule has 2 aromatic heterocycles. The van der Waals surface area contributed by atoms with Gasteiger partial charge in [-0.25, -0.2) is 4.98 Å². The molecule has 0 bridgehead atoms. The first kappa shape index (κ1) is 15.6. The minimum atomic E-state index is 0.0612. The van der Waals surface area contributed by atoms with Crippen molar-refractivity contribution in [3.05, 3.63) is 35.5 Å². The minimum Gasteiger partial charge on any atom is -0.339 e. The molecule has 1 aliphatic heterocycles. The predicted molar refractivity (Wildman–Crippen MR) is 87.9 cm³/mol. The summed E-state index contributed by atoms with van der Waals surface area (Å²) in [5, 5.41) is 2.74. The lowest BCUT2D eigenvalue weighted by Gasteiger charge is -2.34. The number of hydrogen-bond acceptors (Lipinski definition) is 5. The first-order valence-electron chi connectivity index (χ1n) is 7.52. The molecule has 120 valence electrons. The topological polar surface area (TPSA) is 66.4 Å². The van der Waals surface area contributed by atoms with E-state index in [1.54, 1.807) is 22.9 Å². The molecule has 2 aromatic rings. The fourth-order valence-corrected chi connectivity index (χ4v) is 3.33. The van der Waals surface area contributed by atoms with Crippen LogP contribution in [0.2, 0.25) is 0 Å². The van der Waals surface area contributed by atoms with Crippen LogP contribution in [0.3, 0.4) is 0 Å². The van der Waals surface area contributed by atoms with Crippen LogP contribution in [0, 0.1) is 0 Å². The van der Waals surface area contributed by atoms with Crippen LogP contribution >= 0.6 is 11.3 Å². The molecule has 0 aromatic carbocycles. The maximum absolute atomic E-state index is 12.4. The number of aromatic nitrogens is 2. The minimum absolute atomic E-state index is 0.0612. The molecule has 3 heterocycles. The van der Waals surface area contributed by atoms with E-state index in [9.17, 15) is 9.59 Å².